The van der Waals surface area contributed by atoms with Gasteiger partial charge in [0.2, 0.25) is 21.8 Å². The molecule has 0 saturated carbocycles. The molecule has 1 aliphatic heterocycles. The summed E-state index contributed by atoms with van der Waals surface area (Å²) in [5.74, 6) is 0.644. The molecule has 0 spiro atoms. The minimum Gasteiger partial charge on any atom is -0.474 e. The van der Waals surface area contributed by atoms with Gasteiger partial charge in [-0.25, -0.2) is 13.4 Å². The number of hydrogen-bond donors (Lipinski definition) is 0. The summed E-state index contributed by atoms with van der Waals surface area (Å²) in [6, 6.07) is 3.33. The van der Waals surface area contributed by atoms with Crippen LogP contribution in [0.4, 0.5) is 5.69 Å². The van der Waals surface area contributed by atoms with Gasteiger partial charge in [-0.3, -0.25) is 9.10 Å². The van der Waals surface area contributed by atoms with Crippen LogP contribution < -0.4 is 9.04 Å². The van der Waals surface area contributed by atoms with Gasteiger partial charge in [0.15, 0.2) is 0 Å². The lowest BCUT2D eigenvalue weighted by Crippen LogP contribution is -2.41. The molecule has 0 atom stereocenters. The van der Waals surface area contributed by atoms with Gasteiger partial charge in [0.1, 0.15) is 6.10 Å². The van der Waals surface area contributed by atoms with Gasteiger partial charge in [-0.2, -0.15) is 0 Å². The van der Waals surface area contributed by atoms with E-state index in [2.05, 4.69) is 4.98 Å². The number of piperidine rings is 1. The third-order valence-electron chi connectivity index (χ3n) is 3.97. The van der Waals surface area contributed by atoms with Crippen LogP contribution in [0.2, 0.25) is 0 Å². The molecule has 23 heavy (non-hydrogen) atoms. The molecule has 1 saturated heterocycles. The molecule has 8 heteroatoms. The van der Waals surface area contributed by atoms with Gasteiger partial charge in [-0.1, -0.05) is 6.92 Å². The zero-order valence-corrected chi connectivity index (χ0v) is 14.5. The fraction of sp³-hybridized carbons (Fsp3) is 0.600. The summed E-state index contributed by atoms with van der Waals surface area (Å²) in [5.41, 5.74) is 0.489. The van der Waals surface area contributed by atoms with E-state index in [4.69, 9.17) is 4.74 Å². The van der Waals surface area contributed by atoms with Crippen molar-refractivity contribution >= 4 is 21.6 Å². The summed E-state index contributed by atoms with van der Waals surface area (Å²) < 4.78 is 29.9. The van der Waals surface area contributed by atoms with Gasteiger partial charge in [-0.05, 0) is 6.07 Å². The molecule has 1 aromatic heterocycles. The summed E-state index contributed by atoms with van der Waals surface area (Å²) in [4.78, 5) is 17.7. The van der Waals surface area contributed by atoms with Crippen molar-refractivity contribution in [1.29, 1.82) is 0 Å². The topological polar surface area (TPSA) is 79.8 Å². The van der Waals surface area contributed by atoms with Crippen molar-refractivity contribution in [3.05, 3.63) is 18.3 Å². The fourth-order valence-electron chi connectivity index (χ4n) is 2.44. The number of ether oxygens (including phenoxy) is 1. The Morgan fingerprint density at radius 3 is 2.52 bits per heavy atom. The van der Waals surface area contributed by atoms with Gasteiger partial charge >= 0.3 is 0 Å². The average Bonchev–Trinajstić information content (AvgIpc) is 2.54. The summed E-state index contributed by atoms with van der Waals surface area (Å²) in [6.07, 6.45) is 4.73. The second kappa shape index (κ2) is 7.16. The molecule has 2 rings (SSSR count). The first-order chi connectivity index (χ1) is 10.8. The fourth-order valence-corrected chi connectivity index (χ4v) is 2.93. The first-order valence-electron chi connectivity index (χ1n) is 7.65. The SMILES string of the molecule is CCC(=O)N1CCC(Oc2ccc(N(C)S(C)(=O)=O)cn2)CC1. The predicted octanol–water partition coefficient (Wildman–Crippen LogP) is 1.26. The lowest BCUT2D eigenvalue weighted by Gasteiger charge is -2.31. The molecular weight excluding hydrogens is 318 g/mol. The van der Waals surface area contributed by atoms with Crippen molar-refractivity contribution in [3.63, 3.8) is 0 Å². The van der Waals surface area contributed by atoms with Crippen LogP contribution in [0, 0.1) is 0 Å². The quantitative estimate of drug-likeness (QED) is 0.805. The first-order valence-corrected chi connectivity index (χ1v) is 9.50. The van der Waals surface area contributed by atoms with Gasteiger partial charge in [0.25, 0.3) is 0 Å². The molecule has 1 aliphatic rings. The van der Waals surface area contributed by atoms with Gasteiger partial charge in [-0.15, -0.1) is 0 Å². The zero-order valence-electron chi connectivity index (χ0n) is 13.7. The number of nitrogens with zero attached hydrogens (tertiary/aromatic N) is 3. The van der Waals surface area contributed by atoms with Gasteiger partial charge in [0, 0.05) is 45.5 Å². The highest BCUT2D eigenvalue weighted by Crippen LogP contribution is 2.21. The molecule has 0 aromatic carbocycles. The van der Waals surface area contributed by atoms with Crippen molar-refractivity contribution in [1.82, 2.24) is 9.88 Å². The standard InChI is InChI=1S/C15H23N3O4S/c1-4-15(19)18-9-7-13(8-10-18)22-14-6-5-12(11-16-14)17(2)23(3,20)21/h5-6,11,13H,4,7-10H2,1-3H3. The van der Waals surface area contributed by atoms with Crippen LogP contribution in [-0.4, -0.2) is 56.7 Å². The monoisotopic (exact) mass is 341 g/mol. The van der Waals surface area contributed by atoms with Crippen LogP contribution in [0.3, 0.4) is 0 Å². The van der Waals surface area contributed by atoms with E-state index in [0.717, 1.165) is 19.1 Å². The highest BCUT2D eigenvalue weighted by Gasteiger charge is 2.23. The zero-order chi connectivity index (χ0) is 17.0. The lowest BCUT2D eigenvalue weighted by molar-refractivity contribution is -0.132. The van der Waals surface area contributed by atoms with E-state index >= 15 is 0 Å². The summed E-state index contributed by atoms with van der Waals surface area (Å²) in [6.45, 7) is 3.27. The van der Waals surface area contributed by atoms with Crippen LogP contribution in [0.1, 0.15) is 26.2 Å². The van der Waals surface area contributed by atoms with Crippen LogP contribution in [0.5, 0.6) is 5.88 Å². The van der Waals surface area contributed by atoms with Crippen molar-refractivity contribution in [2.75, 3.05) is 30.7 Å². The molecule has 0 radical (unpaired) electrons. The third kappa shape index (κ3) is 4.57. The number of carbonyl (C=O) groups is 1. The second-order valence-electron chi connectivity index (χ2n) is 5.64. The molecule has 0 aliphatic carbocycles. The molecule has 2 heterocycles. The molecule has 1 fully saturated rings. The van der Waals surface area contributed by atoms with E-state index in [0.29, 0.717) is 31.1 Å². The van der Waals surface area contributed by atoms with Crippen molar-refractivity contribution < 1.29 is 17.9 Å². The minimum absolute atomic E-state index is 0.0295. The third-order valence-corrected chi connectivity index (χ3v) is 5.17. The van der Waals surface area contributed by atoms with Crippen molar-refractivity contribution in [3.8, 4) is 5.88 Å². The van der Waals surface area contributed by atoms with E-state index in [-0.39, 0.29) is 12.0 Å². The Labute approximate surface area is 137 Å². The molecule has 128 valence electrons. The number of sulfonamides is 1. The number of likely N-dealkylation sites (tertiary alicyclic amines) is 1. The normalized spacial score (nSPS) is 16.2. The van der Waals surface area contributed by atoms with Gasteiger partial charge in [0.05, 0.1) is 18.1 Å². The second-order valence-corrected chi connectivity index (χ2v) is 7.65. The summed E-state index contributed by atoms with van der Waals surface area (Å²) in [5, 5.41) is 0. The summed E-state index contributed by atoms with van der Waals surface area (Å²) in [7, 11) is -1.82. The predicted molar refractivity (Wildman–Crippen MR) is 88.0 cm³/mol. The Kier molecular flexibility index (Phi) is 5.46. The van der Waals surface area contributed by atoms with E-state index in [1.807, 2.05) is 11.8 Å². The van der Waals surface area contributed by atoms with Gasteiger partial charge < -0.3 is 9.64 Å². The molecule has 0 N–H and O–H groups in total. The number of aromatic nitrogens is 1. The van der Waals surface area contributed by atoms with Crippen LogP contribution in [-0.2, 0) is 14.8 Å². The maximum Gasteiger partial charge on any atom is 0.232 e. The van der Waals surface area contributed by atoms with E-state index in [1.54, 1.807) is 12.1 Å². The first kappa shape index (κ1) is 17.5. The van der Waals surface area contributed by atoms with E-state index < -0.39 is 10.0 Å². The number of amides is 1. The highest BCUT2D eigenvalue weighted by atomic mass is 32.2. The number of rotatable bonds is 5. The number of pyridine rings is 1. The van der Waals surface area contributed by atoms with Crippen molar-refractivity contribution in [2.24, 2.45) is 0 Å². The smallest absolute Gasteiger partial charge is 0.232 e. The number of carbonyl (C=O) groups excluding carboxylic acids is 1. The summed E-state index contributed by atoms with van der Waals surface area (Å²) >= 11 is 0. The Balaban J connectivity index is 1.91. The molecule has 0 bridgehead atoms. The minimum atomic E-state index is -3.30. The number of anilines is 1. The number of hydrogen-bond acceptors (Lipinski definition) is 5. The van der Waals surface area contributed by atoms with Crippen LogP contribution >= 0.6 is 0 Å². The molecule has 1 aromatic rings. The van der Waals surface area contributed by atoms with Crippen molar-refractivity contribution in [2.45, 2.75) is 32.3 Å². The maximum absolute atomic E-state index is 11.6. The Bertz CT molecular complexity index is 637. The molecular formula is C15H23N3O4S. The average molecular weight is 341 g/mol. The van der Waals surface area contributed by atoms with E-state index in [9.17, 15) is 13.2 Å². The molecule has 0 unspecified atom stereocenters. The van der Waals surface area contributed by atoms with Crippen LogP contribution in [0.25, 0.3) is 0 Å². The largest absolute Gasteiger partial charge is 0.474 e. The van der Waals surface area contributed by atoms with E-state index in [1.165, 1.54) is 17.5 Å². The maximum atomic E-state index is 11.6. The lowest BCUT2D eigenvalue weighted by atomic mass is 10.1. The Hall–Kier alpha value is -1.83. The molecule has 7 nitrogen and oxygen atoms in total. The Morgan fingerprint density at radius 2 is 2.04 bits per heavy atom. The highest BCUT2D eigenvalue weighted by molar-refractivity contribution is 7.92. The Morgan fingerprint density at radius 1 is 1.39 bits per heavy atom. The van der Waals surface area contributed by atoms with Crippen LogP contribution in [0.15, 0.2) is 18.3 Å². The molecule has 1 amide bonds.